The molecule has 3 aromatic rings. The lowest BCUT2D eigenvalue weighted by atomic mass is 10.0. The highest BCUT2D eigenvalue weighted by molar-refractivity contribution is 6.46. The fourth-order valence-electron chi connectivity index (χ4n) is 3.60. The summed E-state index contributed by atoms with van der Waals surface area (Å²) in [5, 5.41) is 3.02. The predicted octanol–water partition coefficient (Wildman–Crippen LogP) is 4.93. The maximum atomic E-state index is 14.5. The minimum Gasteiger partial charge on any atom is -0.496 e. The predicted molar refractivity (Wildman–Crippen MR) is 118 cm³/mol. The Balaban J connectivity index is 1.85. The summed E-state index contributed by atoms with van der Waals surface area (Å²) in [6.45, 7) is 2.03. The van der Waals surface area contributed by atoms with Crippen LogP contribution in [0, 0.1) is 11.6 Å². The molecule has 0 aliphatic carbocycles. The quantitative estimate of drug-likeness (QED) is 0.559. The van der Waals surface area contributed by atoms with Gasteiger partial charge in [-0.2, -0.15) is 0 Å². The van der Waals surface area contributed by atoms with Gasteiger partial charge in [-0.1, -0.05) is 37.3 Å². The minimum absolute atomic E-state index is 0.0209. The molecule has 7 heteroatoms. The van der Waals surface area contributed by atoms with Crippen LogP contribution in [0.1, 0.15) is 18.1 Å². The van der Waals surface area contributed by atoms with Gasteiger partial charge in [-0.3, -0.25) is 9.59 Å². The normalized spacial score (nSPS) is 13.7. The highest BCUT2D eigenvalue weighted by Gasteiger charge is 2.42. The molecule has 0 aromatic heterocycles. The number of hydrogen-bond donors (Lipinski definition) is 1. The van der Waals surface area contributed by atoms with E-state index in [1.165, 1.54) is 7.11 Å². The molecule has 1 aliphatic heterocycles. The molecule has 1 aliphatic rings. The molecule has 3 aromatic carbocycles. The molecule has 162 valence electrons. The lowest BCUT2D eigenvalue weighted by Gasteiger charge is -2.16. The van der Waals surface area contributed by atoms with E-state index in [1.54, 1.807) is 36.4 Å². The molecule has 0 radical (unpaired) electrons. The van der Waals surface area contributed by atoms with Crippen LogP contribution in [0.5, 0.6) is 5.75 Å². The van der Waals surface area contributed by atoms with Gasteiger partial charge < -0.3 is 10.1 Å². The lowest BCUT2D eigenvalue weighted by molar-refractivity contribution is -0.120. The van der Waals surface area contributed by atoms with Crippen molar-refractivity contribution in [3.8, 4) is 5.75 Å². The van der Waals surface area contributed by atoms with E-state index in [9.17, 15) is 18.4 Å². The summed E-state index contributed by atoms with van der Waals surface area (Å²) in [7, 11) is 1.45. The number of carbonyl (C=O) groups is 2. The number of carbonyl (C=O) groups excluding carboxylic acids is 2. The molecule has 0 saturated carbocycles. The van der Waals surface area contributed by atoms with E-state index in [-0.39, 0.29) is 17.0 Å². The highest BCUT2D eigenvalue weighted by Crippen LogP contribution is 2.38. The Bertz CT molecular complexity index is 1240. The van der Waals surface area contributed by atoms with Crippen molar-refractivity contribution in [3.63, 3.8) is 0 Å². The van der Waals surface area contributed by atoms with Crippen molar-refractivity contribution in [2.45, 2.75) is 13.3 Å². The van der Waals surface area contributed by atoms with Gasteiger partial charge in [0.1, 0.15) is 23.1 Å². The number of imide groups is 1. The summed E-state index contributed by atoms with van der Waals surface area (Å²) in [5.41, 5.74) is 1.77. The zero-order valence-corrected chi connectivity index (χ0v) is 17.5. The van der Waals surface area contributed by atoms with Gasteiger partial charge in [-0.05, 0) is 42.3 Å². The smallest absolute Gasteiger partial charge is 0.282 e. The number of nitrogens with one attached hydrogen (secondary N) is 1. The number of methoxy groups -OCH3 is 1. The average molecular weight is 434 g/mol. The molecule has 5 nitrogen and oxygen atoms in total. The van der Waals surface area contributed by atoms with Crippen molar-refractivity contribution in [1.29, 1.82) is 0 Å². The third-order valence-electron chi connectivity index (χ3n) is 5.24. The fourth-order valence-corrected chi connectivity index (χ4v) is 3.60. The van der Waals surface area contributed by atoms with E-state index in [1.807, 2.05) is 19.1 Å². The maximum absolute atomic E-state index is 14.5. The van der Waals surface area contributed by atoms with Gasteiger partial charge in [0.15, 0.2) is 0 Å². The van der Waals surface area contributed by atoms with Gasteiger partial charge in [0.25, 0.3) is 11.8 Å². The topological polar surface area (TPSA) is 58.6 Å². The Morgan fingerprint density at radius 3 is 2.31 bits per heavy atom. The molecule has 0 saturated heterocycles. The van der Waals surface area contributed by atoms with Gasteiger partial charge >= 0.3 is 0 Å². The van der Waals surface area contributed by atoms with E-state index >= 15 is 0 Å². The largest absolute Gasteiger partial charge is 0.496 e. The lowest BCUT2D eigenvalue weighted by Crippen LogP contribution is -2.33. The van der Waals surface area contributed by atoms with Crippen molar-refractivity contribution >= 4 is 28.8 Å². The second-order valence-electron chi connectivity index (χ2n) is 7.17. The summed E-state index contributed by atoms with van der Waals surface area (Å²) >= 11 is 0. The van der Waals surface area contributed by atoms with Crippen molar-refractivity contribution < 1.29 is 23.1 Å². The Labute approximate surface area is 183 Å². The first-order chi connectivity index (χ1) is 15.4. The first-order valence-corrected chi connectivity index (χ1v) is 10.0. The van der Waals surface area contributed by atoms with Crippen LogP contribution < -0.4 is 15.0 Å². The third kappa shape index (κ3) is 3.73. The Morgan fingerprint density at radius 1 is 0.938 bits per heavy atom. The number of hydrogen-bond acceptors (Lipinski definition) is 4. The van der Waals surface area contributed by atoms with Crippen LogP contribution in [0.2, 0.25) is 0 Å². The van der Waals surface area contributed by atoms with Crippen molar-refractivity contribution in [1.82, 2.24) is 0 Å². The number of halogens is 2. The van der Waals surface area contributed by atoms with Crippen LogP contribution in [-0.2, 0) is 16.0 Å². The van der Waals surface area contributed by atoms with E-state index in [2.05, 4.69) is 5.32 Å². The third-order valence-corrected chi connectivity index (χ3v) is 5.24. The van der Waals surface area contributed by atoms with Gasteiger partial charge in [0.2, 0.25) is 0 Å². The number of anilines is 2. The van der Waals surface area contributed by atoms with Crippen LogP contribution in [0.25, 0.3) is 5.57 Å². The molecule has 2 amide bonds. The van der Waals surface area contributed by atoms with Gasteiger partial charge in [0, 0.05) is 17.3 Å². The Kier molecular flexibility index (Phi) is 5.73. The summed E-state index contributed by atoms with van der Waals surface area (Å²) < 4.78 is 33.3. The molecule has 0 unspecified atom stereocenters. The number of para-hydroxylation sites is 1. The molecule has 0 fully saturated rings. The second-order valence-corrected chi connectivity index (χ2v) is 7.17. The van der Waals surface area contributed by atoms with Crippen molar-refractivity contribution in [3.05, 3.63) is 95.2 Å². The van der Waals surface area contributed by atoms with Crippen molar-refractivity contribution in [2.75, 3.05) is 17.3 Å². The summed E-state index contributed by atoms with van der Waals surface area (Å²) in [5.74, 6) is -2.93. The fraction of sp³-hybridized carbons (Fsp3) is 0.120. The van der Waals surface area contributed by atoms with Crippen LogP contribution in [0.15, 0.2) is 72.4 Å². The molecule has 0 bridgehead atoms. The number of ether oxygens (including phenoxy) is 1. The van der Waals surface area contributed by atoms with Crippen LogP contribution in [0.4, 0.5) is 20.2 Å². The number of amides is 2. The highest BCUT2D eigenvalue weighted by atomic mass is 19.1. The van der Waals surface area contributed by atoms with Gasteiger partial charge in [-0.15, -0.1) is 0 Å². The van der Waals surface area contributed by atoms with Gasteiger partial charge in [-0.25, -0.2) is 13.7 Å². The second kappa shape index (κ2) is 8.63. The van der Waals surface area contributed by atoms with E-state index in [4.69, 9.17) is 4.74 Å². The molecule has 0 atom stereocenters. The first-order valence-electron chi connectivity index (χ1n) is 10.0. The molecular weight excluding hydrogens is 414 g/mol. The molecule has 1 N–H and O–H groups in total. The number of rotatable bonds is 6. The first kappa shape index (κ1) is 21.2. The van der Waals surface area contributed by atoms with Crippen LogP contribution in [0.3, 0.4) is 0 Å². The number of aryl methyl sites for hydroxylation is 1. The molecule has 32 heavy (non-hydrogen) atoms. The molecule has 4 rings (SSSR count). The van der Waals surface area contributed by atoms with Crippen LogP contribution in [-0.4, -0.2) is 18.9 Å². The summed E-state index contributed by atoms with van der Waals surface area (Å²) in [6, 6.07) is 16.9. The Hall–Kier alpha value is -4.00. The standard InChI is InChI=1S/C25H20F2N2O3/c1-3-15-8-11-17(12-9-15)28-23-22(18-6-4-5-7-21(18)32-2)24(30)29(25(23)31)20-13-10-16(26)14-19(20)27/h4-14,28H,3H2,1-2H3. The minimum atomic E-state index is -1.01. The molecule has 1 heterocycles. The maximum Gasteiger partial charge on any atom is 0.282 e. The van der Waals surface area contributed by atoms with E-state index in [0.29, 0.717) is 28.0 Å². The zero-order chi connectivity index (χ0) is 22.8. The zero-order valence-electron chi connectivity index (χ0n) is 17.5. The van der Waals surface area contributed by atoms with Crippen LogP contribution >= 0.6 is 0 Å². The van der Waals surface area contributed by atoms with Gasteiger partial charge in [0.05, 0.1) is 18.4 Å². The van der Waals surface area contributed by atoms with Crippen molar-refractivity contribution in [2.24, 2.45) is 0 Å². The summed E-state index contributed by atoms with van der Waals surface area (Å²) in [4.78, 5) is 27.5. The SMILES string of the molecule is CCc1ccc(NC2=C(c3ccccc3OC)C(=O)N(c3ccc(F)cc3F)C2=O)cc1. The monoisotopic (exact) mass is 434 g/mol. The number of benzene rings is 3. The average Bonchev–Trinajstić information content (AvgIpc) is 3.03. The Morgan fingerprint density at radius 2 is 1.66 bits per heavy atom. The molecular formula is C25H20F2N2O3. The van der Waals surface area contributed by atoms with E-state index < -0.39 is 23.4 Å². The van der Waals surface area contributed by atoms with E-state index in [0.717, 1.165) is 24.1 Å². The number of nitrogens with zero attached hydrogens (tertiary/aromatic N) is 1. The molecule has 0 spiro atoms. The summed E-state index contributed by atoms with van der Waals surface area (Å²) in [6.07, 6.45) is 0.852.